The van der Waals surface area contributed by atoms with E-state index in [1.165, 1.54) is 64.1 Å². The summed E-state index contributed by atoms with van der Waals surface area (Å²) in [5.41, 5.74) is 0.311. The third kappa shape index (κ3) is 5.20. The van der Waals surface area contributed by atoms with E-state index in [9.17, 15) is 9.59 Å². The minimum atomic E-state index is -0.231. The molecule has 2 unspecified atom stereocenters. The molecule has 2 aliphatic rings. The number of fused-ring (bicyclic) bond motifs is 2. The molecule has 1 aromatic carbocycles. The summed E-state index contributed by atoms with van der Waals surface area (Å²) in [7, 11) is 3.08. The van der Waals surface area contributed by atoms with E-state index in [4.69, 9.17) is 9.47 Å². The normalized spacial score (nSPS) is 21.2. The lowest BCUT2D eigenvalue weighted by Gasteiger charge is -2.44. The average molecular weight is 461 g/mol. The largest absolute Gasteiger partial charge is 0.493 e. The number of piperidine rings is 2. The Morgan fingerprint density at radius 1 is 1.19 bits per heavy atom. The molecule has 32 heavy (non-hydrogen) atoms. The summed E-state index contributed by atoms with van der Waals surface area (Å²) in [6.45, 7) is 3.18. The lowest BCUT2D eigenvalue weighted by molar-refractivity contribution is -0.119. The maximum Gasteiger partial charge on any atom is 0.258 e. The van der Waals surface area contributed by atoms with Gasteiger partial charge in [0, 0.05) is 18.7 Å². The van der Waals surface area contributed by atoms with Gasteiger partial charge < -0.3 is 24.7 Å². The van der Waals surface area contributed by atoms with Gasteiger partial charge in [-0.1, -0.05) is 6.42 Å². The number of thioether (sulfide) groups is 1. The van der Waals surface area contributed by atoms with Crippen molar-refractivity contribution in [2.75, 3.05) is 39.6 Å². The van der Waals surface area contributed by atoms with Gasteiger partial charge in [-0.3, -0.25) is 9.59 Å². The molecule has 0 saturated carbocycles. The molecule has 2 aromatic rings. The second-order valence-corrected chi connectivity index (χ2v) is 9.52. The highest BCUT2D eigenvalue weighted by Crippen LogP contribution is 2.31. The van der Waals surface area contributed by atoms with Gasteiger partial charge in [0.15, 0.2) is 11.5 Å². The first-order chi connectivity index (χ1) is 15.6. The van der Waals surface area contributed by atoms with Crippen LogP contribution in [0.2, 0.25) is 0 Å². The van der Waals surface area contributed by atoms with Gasteiger partial charge in [0.05, 0.1) is 36.6 Å². The average Bonchev–Trinajstić information content (AvgIpc) is 2.82. The summed E-state index contributed by atoms with van der Waals surface area (Å²) in [5.74, 6) is 2.94. The highest BCUT2D eigenvalue weighted by molar-refractivity contribution is 7.99. The Morgan fingerprint density at radius 2 is 1.97 bits per heavy atom. The first-order valence-corrected chi connectivity index (χ1v) is 12.5. The number of hydrogen-bond donors (Lipinski definition) is 2. The van der Waals surface area contributed by atoms with Crippen molar-refractivity contribution in [3.63, 3.8) is 0 Å². The van der Waals surface area contributed by atoms with Crippen LogP contribution >= 0.6 is 11.8 Å². The minimum absolute atomic E-state index is 0.0393. The molecule has 2 aliphatic heterocycles. The molecule has 0 spiro atoms. The van der Waals surface area contributed by atoms with Crippen molar-refractivity contribution in [1.29, 1.82) is 0 Å². The predicted molar refractivity (Wildman–Crippen MR) is 127 cm³/mol. The Labute approximate surface area is 192 Å². The van der Waals surface area contributed by atoms with E-state index in [0.29, 0.717) is 51.7 Å². The standard InChI is InChI=1S/C23H32N4O4S/c1-30-19-10-16-17(11-20(19)31-2)25-21(26-23(16)29)13-32-14-22(28)24-12-15-6-5-9-27-8-4-3-7-18(15)27/h10-11,15,18H,3-9,12-14H2,1-2H3,(H,24,28)(H,25,26,29). The Kier molecular flexibility index (Phi) is 7.57. The van der Waals surface area contributed by atoms with Crippen LogP contribution in [0.15, 0.2) is 16.9 Å². The van der Waals surface area contributed by atoms with Gasteiger partial charge in [0.2, 0.25) is 5.91 Å². The monoisotopic (exact) mass is 460 g/mol. The fourth-order valence-electron chi connectivity index (χ4n) is 4.93. The van der Waals surface area contributed by atoms with Gasteiger partial charge in [0.25, 0.3) is 5.56 Å². The van der Waals surface area contributed by atoms with Gasteiger partial charge in [-0.15, -0.1) is 11.8 Å². The van der Waals surface area contributed by atoms with Crippen molar-refractivity contribution in [3.8, 4) is 11.5 Å². The van der Waals surface area contributed by atoms with Crippen LogP contribution in [0.25, 0.3) is 10.9 Å². The number of aromatic nitrogens is 2. The van der Waals surface area contributed by atoms with E-state index in [-0.39, 0.29) is 11.5 Å². The summed E-state index contributed by atoms with van der Waals surface area (Å²) in [4.78, 5) is 34.8. The third-order valence-corrected chi connectivity index (χ3v) is 7.47. The molecule has 9 heteroatoms. The van der Waals surface area contributed by atoms with Crippen molar-refractivity contribution in [3.05, 3.63) is 28.3 Å². The summed E-state index contributed by atoms with van der Waals surface area (Å²) in [6, 6.07) is 3.96. The van der Waals surface area contributed by atoms with Crippen LogP contribution in [0.1, 0.15) is 37.9 Å². The molecule has 2 N–H and O–H groups in total. The maximum atomic E-state index is 12.5. The Balaban J connectivity index is 1.30. The lowest BCUT2D eigenvalue weighted by atomic mass is 9.83. The maximum absolute atomic E-state index is 12.5. The van der Waals surface area contributed by atoms with Crippen molar-refractivity contribution in [2.45, 2.75) is 43.9 Å². The van der Waals surface area contributed by atoms with E-state index in [0.717, 1.165) is 6.54 Å². The fourth-order valence-corrected chi connectivity index (χ4v) is 5.65. The number of methoxy groups -OCH3 is 2. The second-order valence-electron chi connectivity index (χ2n) is 8.54. The van der Waals surface area contributed by atoms with E-state index in [1.807, 2.05) is 0 Å². The van der Waals surface area contributed by atoms with Crippen LogP contribution < -0.4 is 20.3 Å². The summed E-state index contributed by atoms with van der Waals surface area (Å²) < 4.78 is 10.6. The van der Waals surface area contributed by atoms with Crippen LogP contribution in [0.4, 0.5) is 0 Å². The van der Waals surface area contributed by atoms with Crippen LogP contribution in [0.3, 0.4) is 0 Å². The van der Waals surface area contributed by atoms with Crippen molar-refractivity contribution in [1.82, 2.24) is 20.2 Å². The Morgan fingerprint density at radius 3 is 2.78 bits per heavy atom. The van der Waals surface area contributed by atoms with Gasteiger partial charge in [0.1, 0.15) is 5.82 Å². The fraction of sp³-hybridized carbons (Fsp3) is 0.609. The molecule has 1 amide bonds. The van der Waals surface area contributed by atoms with Gasteiger partial charge in [-0.25, -0.2) is 4.98 Å². The quantitative estimate of drug-likeness (QED) is 0.625. The van der Waals surface area contributed by atoms with Crippen molar-refractivity contribution >= 4 is 28.6 Å². The number of ether oxygens (including phenoxy) is 2. The van der Waals surface area contributed by atoms with Crippen LogP contribution in [0, 0.1) is 5.92 Å². The molecule has 174 valence electrons. The number of rotatable bonds is 8. The lowest BCUT2D eigenvalue weighted by Crippen LogP contribution is -2.51. The topological polar surface area (TPSA) is 96.5 Å². The Hall–Kier alpha value is -2.26. The minimum Gasteiger partial charge on any atom is -0.493 e. The molecule has 4 rings (SSSR count). The number of nitrogens with one attached hydrogen (secondary N) is 2. The van der Waals surface area contributed by atoms with Crippen molar-refractivity contribution < 1.29 is 14.3 Å². The van der Waals surface area contributed by atoms with Crippen LogP contribution in [-0.4, -0.2) is 66.4 Å². The molecule has 8 nitrogen and oxygen atoms in total. The summed E-state index contributed by atoms with van der Waals surface area (Å²) in [6.07, 6.45) is 6.29. The zero-order valence-corrected chi connectivity index (χ0v) is 19.6. The number of hydrogen-bond acceptors (Lipinski definition) is 7. The number of carbonyl (C=O) groups excluding carboxylic acids is 1. The molecule has 0 radical (unpaired) electrons. The van der Waals surface area contributed by atoms with Gasteiger partial charge in [-0.05, 0) is 50.8 Å². The molecule has 3 heterocycles. The molecule has 2 fully saturated rings. The molecule has 2 saturated heterocycles. The molecule has 1 aromatic heterocycles. The molecule has 0 aliphatic carbocycles. The number of aromatic amines is 1. The zero-order chi connectivity index (χ0) is 22.5. The Bertz CT molecular complexity index is 1010. The molecule has 2 atom stereocenters. The molecular formula is C23H32N4O4S. The van der Waals surface area contributed by atoms with Crippen LogP contribution in [0.5, 0.6) is 11.5 Å². The highest BCUT2D eigenvalue weighted by Gasteiger charge is 2.32. The number of amides is 1. The van der Waals surface area contributed by atoms with E-state index in [2.05, 4.69) is 20.2 Å². The zero-order valence-electron chi connectivity index (χ0n) is 18.8. The van der Waals surface area contributed by atoms with Crippen LogP contribution in [-0.2, 0) is 10.5 Å². The summed E-state index contributed by atoms with van der Waals surface area (Å²) >= 11 is 1.45. The number of carbonyl (C=O) groups is 1. The van der Waals surface area contributed by atoms with Crippen molar-refractivity contribution in [2.24, 2.45) is 5.92 Å². The van der Waals surface area contributed by atoms with E-state index < -0.39 is 0 Å². The van der Waals surface area contributed by atoms with E-state index in [1.54, 1.807) is 19.2 Å². The molecule has 0 bridgehead atoms. The SMILES string of the molecule is COc1cc2nc(CSCC(=O)NCC3CCCN4CCCCC34)[nH]c(=O)c2cc1OC. The highest BCUT2D eigenvalue weighted by atomic mass is 32.2. The number of benzene rings is 1. The summed E-state index contributed by atoms with van der Waals surface area (Å²) in [5, 5.41) is 3.57. The number of H-pyrrole nitrogens is 1. The second kappa shape index (κ2) is 10.6. The van der Waals surface area contributed by atoms with Gasteiger partial charge in [-0.2, -0.15) is 0 Å². The predicted octanol–water partition coefficient (Wildman–Crippen LogP) is 2.55. The molecular weight excluding hydrogens is 428 g/mol. The first kappa shape index (κ1) is 22.9. The third-order valence-electron chi connectivity index (χ3n) is 6.52. The van der Waals surface area contributed by atoms with E-state index >= 15 is 0 Å². The van der Waals surface area contributed by atoms with Gasteiger partial charge >= 0.3 is 0 Å². The first-order valence-electron chi connectivity index (χ1n) is 11.3. The smallest absolute Gasteiger partial charge is 0.258 e. The number of nitrogens with zero attached hydrogens (tertiary/aromatic N) is 2.